The second kappa shape index (κ2) is 10.9. The number of benzene rings is 3. The molecule has 3 aromatic rings. The van der Waals surface area contributed by atoms with Gasteiger partial charge in [0, 0.05) is 19.0 Å². The zero-order chi connectivity index (χ0) is 24.8. The van der Waals surface area contributed by atoms with E-state index in [9.17, 15) is 13.2 Å². The van der Waals surface area contributed by atoms with Crippen LogP contribution in [0.5, 0.6) is 17.2 Å². The van der Waals surface area contributed by atoms with Crippen molar-refractivity contribution in [3.05, 3.63) is 78.4 Å². The Balaban J connectivity index is 1.39. The van der Waals surface area contributed by atoms with Crippen molar-refractivity contribution in [3.63, 3.8) is 0 Å². The first-order valence-corrected chi connectivity index (χ1v) is 13.2. The number of carbonyl (C=O) groups excluding carboxylic acids is 1. The molecule has 1 N–H and O–H groups in total. The lowest BCUT2D eigenvalue weighted by Crippen LogP contribution is -2.41. The van der Waals surface area contributed by atoms with E-state index in [-0.39, 0.29) is 29.8 Å². The lowest BCUT2D eigenvalue weighted by molar-refractivity contribution is -0.120. The van der Waals surface area contributed by atoms with Gasteiger partial charge in [-0.25, -0.2) is 8.42 Å². The third kappa shape index (κ3) is 5.83. The molecule has 184 valence electrons. The average molecular weight is 495 g/mol. The molecule has 0 unspecified atom stereocenters. The third-order valence-electron chi connectivity index (χ3n) is 6.02. The standard InChI is InChI=1S/C27H30N2O5S/c1-3-33-25-14-13-23(19-20(25)2)35(31,32)29-17-15-21(16-18-29)27(30)28-24-11-7-8-12-26(24)34-22-9-5-4-6-10-22/h4-14,19,21H,3,15-18H2,1-2H3,(H,28,30). The van der Waals surface area contributed by atoms with Crippen molar-refractivity contribution in [1.29, 1.82) is 0 Å². The van der Waals surface area contributed by atoms with Crippen molar-refractivity contribution in [1.82, 2.24) is 4.31 Å². The number of nitrogens with one attached hydrogen (secondary N) is 1. The Kier molecular flexibility index (Phi) is 7.73. The summed E-state index contributed by atoms with van der Waals surface area (Å²) in [6.07, 6.45) is 0.894. The molecule has 0 radical (unpaired) electrons. The number of aryl methyl sites for hydroxylation is 1. The predicted molar refractivity (Wildman–Crippen MR) is 135 cm³/mol. The first-order chi connectivity index (χ1) is 16.9. The molecule has 8 heteroatoms. The summed E-state index contributed by atoms with van der Waals surface area (Å²) in [5.41, 5.74) is 1.36. The molecular formula is C27H30N2O5S. The van der Waals surface area contributed by atoms with E-state index in [2.05, 4.69) is 5.32 Å². The third-order valence-corrected chi connectivity index (χ3v) is 7.92. The van der Waals surface area contributed by atoms with E-state index in [1.165, 1.54) is 4.31 Å². The molecule has 1 saturated heterocycles. The van der Waals surface area contributed by atoms with Crippen molar-refractivity contribution in [2.75, 3.05) is 25.0 Å². The van der Waals surface area contributed by atoms with E-state index in [1.54, 1.807) is 30.3 Å². The monoisotopic (exact) mass is 494 g/mol. The molecule has 0 spiro atoms. The number of amides is 1. The van der Waals surface area contributed by atoms with Crippen LogP contribution < -0.4 is 14.8 Å². The Bertz CT molecular complexity index is 1270. The fraction of sp³-hybridized carbons (Fsp3) is 0.296. The fourth-order valence-corrected chi connectivity index (χ4v) is 5.67. The number of sulfonamides is 1. The molecule has 1 aliphatic rings. The second-order valence-corrected chi connectivity index (χ2v) is 10.4. The highest BCUT2D eigenvalue weighted by Gasteiger charge is 2.32. The van der Waals surface area contributed by atoms with Crippen molar-refractivity contribution in [2.45, 2.75) is 31.6 Å². The van der Waals surface area contributed by atoms with Gasteiger partial charge in [-0.2, -0.15) is 4.31 Å². The maximum Gasteiger partial charge on any atom is 0.243 e. The van der Waals surface area contributed by atoms with Crippen LogP contribution in [0.2, 0.25) is 0 Å². The predicted octanol–water partition coefficient (Wildman–Crippen LogP) is 5.23. The minimum Gasteiger partial charge on any atom is -0.494 e. The largest absolute Gasteiger partial charge is 0.494 e. The zero-order valence-corrected chi connectivity index (χ0v) is 20.8. The number of carbonyl (C=O) groups is 1. The van der Waals surface area contributed by atoms with Gasteiger partial charge in [-0.05, 0) is 74.7 Å². The molecule has 3 aromatic carbocycles. The van der Waals surface area contributed by atoms with Crippen LogP contribution in [0.15, 0.2) is 77.7 Å². The molecule has 0 bridgehead atoms. The van der Waals surface area contributed by atoms with Crippen molar-refractivity contribution >= 4 is 21.6 Å². The van der Waals surface area contributed by atoms with Gasteiger partial charge >= 0.3 is 0 Å². The number of hydrogen-bond donors (Lipinski definition) is 1. The van der Waals surface area contributed by atoms with E-state index in [4.69, 9.17) is 9.47 Å². The zero-order valence-electron chi connectivity index (χ0n) is 19.9. The minimum absolute atomic E-state index is 0.136. The highest BCUT2D eigenvalue weighted by Crippen LogP contribution is 2.31. The van der Waals surface area contributed by atoms with Crippen molar-refractivity contribution in [3.8, 4) is 17.2 Å². The van der Waals surface area contributed by atoms with Gasteiger partial charge in [-0.3, -0.25) is 4.79 Å². The van der Waals surface area contributed by atoms with Crippen molar-refractivity contribution < 1.29 is 22.7 Å². The summed E-state index contributed by atoms with van der Waals surface area (Å²) in [4.78, 5) is 13.2. The SMILES string of the molecule is CCOc1ccc(S(=O)(=O)N2CCC(C(=O)Nc3ccccc3Oc3ccccc3)CC2)cc1C. The molecule has 1 amide bonds. The maximum absolute atomic E-state index is 13.2. The summed E-state index contributed by atoms with van der Waals surface area (Å²) in [5.74, 6) is 1.49. The first-order valence-electron chi connectivity index (χ1n) is 11.7. The molecule has 0 aliphatic carbocycles. The van der Waals surface area contributed by atoms with Gasteiger partial charge in [-0.1, -0.05) is 30.3 Å². The van der Waals surface area contributed by atoms with Crippen LogP contribution in [0.4, 0.5) is 5.69 Å². The molecule has 1 heterocycles. The normalized spacial score (nSPS) is 14.9. The number of para-hydroxylation sites is 3. The molecule has 0 saturated carbocycles. The van der Waals surface area contributed by atoms with Gasteiger partial charge in [0.1, 0.15) is 11.5 Å². The van der Waals surface area contributed by atoms with Crippen LogP contribution in [-0.2, 0) is 14.8 Å². The summed E-state index contributed by atoms with van der Waals surface area (Å²) in [7, 11) is -3.64. The summed E-state index contributed by atoms with van der Waals surface area (Å²) in [5, 5.41) is 2.97. The smallest absolute Gasteiger partial charge is 0.243 e. The van der Waals surface area contributed by atoms with E-state index in [0.29, 0.717) is 42.4 Å². The van der Waals surface area contributed by atoms with Crippen LogP contribution in [0.3, 0.4) is 0 Å². The van der Waals surface area contributed by atoms with E-state index in [0.717, 1.165) is 5.56 Å². The quantitative estimate of drug-likeness (QED) is 0.464. The van der Waals surface area contributed by atoms with Gasteiger partial charge < -0.3 is 14.8 Å². The number of anilines is 1. The van der Waals surface area contributed by atoms with E-state index in [1.807, 2.05) is 56.3 Å². The van der Waals surface area contributed by atoms with E-state index < -0.39 is 10.0 Å². The highest BCUT2D eigenvalue weighted by molar-refractivity contribution is 7.89. The molecule has 0 atom stereocenters. The number of hydrogen-bond acceptors (Lipinski definition) is 5. The second-order valence-electron chi connectivity index (χ2n) is 8.44. The van der Waals surface area contributed by atoms with E-state index >= 15 is 0 Å². The van der Waals surface area contributed by atoms with Gasteiger partial charge in [0.2, 0.25) is 15.9 Å². The van der Waals surface area contributed by atoms with Gasteiger partial charge in [0.05, 0.1) is 17.2 Å². The maximum atomic E-state index is 13.2. The van der Waals surface area contributed by atoms with Crippen LogP contribution in [-0.4, -0.2) is 38.3 Å². The minimum atomic E-state index is -3.64. The first kappa shape index (κ1) is 24.8. The van der Waals surface area contributed by atoms with Crippen molar-refractivity contribution in [2.24, 2.45) is 5.92 Å². The lowest BCUT2D eigenvalue weighted by Gasteiger charge is -2.30. The Morgan fingerprint density at radius 1 is 0.971 bits per heavy atom. The van der Waals surface area contributed by atoms with Crippen LogP contribution >= 0.6 is 0 Å². The molecule has 4 rings (SSSR count). The molecule has 1 fully saturated rings. The molecule has 7 nitrogen and oxygen atoms in total. The Morgan fingerprint density at radius 3 is 2.34 bits per heavy atom. The van der Waals surface area contributed by atoms with Crippen LogP contribution in [0.1, 0.15) is 25.3 Å². The molecule has 1 aliphatic heterocycles. The topological polar surface area (TPSA) is 84.9 Å². The van der Waals surface area contributed by atoms with Crippen LogP contribution in [0, 0.1) is 12.8 Å². The van der Waals surface area contributed by atoms with Gasteiger partial charge in [0.15, 0.2) is 5.75 Å². The fourth-order valence-electron chi connectivity index (χ4n) is 4.12. The van der Waals surface area contributed by atoms with Gasteiger partial charge in [0.25, 0.3) is 0 Å². The Labute approximate surface area is 206 Å². The Morgan fingerprint density at radius 2 is 1.66 bits per heavy atom. The summed E-state index contributed by atoms with van der Waals surface area (Å²) < 4.78 is 39.2. The van der Waals surface area contributed by atoms with Crippen LogP contribution in [0.25, 0.3) is 0 Å². The average Bonchev–Trinajstić information content (AvgIpc) is 2.87. The summed E-state index contributed by atoms with van der Waals surface area (Å²) >= 11 is 0. The summed E-state index contributed by atoms with van der Waals surface area (Å²) in [6, 6.07) is 21.6. The molecular weight excluding hydrogens is 464 g/mol. The number of rotatable bonds is 8. The lowest BCUT2D eigenvalue weighted by atomic mass is 9.97. The molecule has 0 aromatic heterocycles. The van der Waals surface area contributed by atoms with Gasteiger partial charge in [-0.15, -0.1) is 0 Å². The number of nitrogens with zero attached hydrogens (tertiary/aromatic N) is 1. The number of piperidine rings is 1. The molecule has 35 heavy (non-hydrogen) atoms. The summed E-state index contributed by atoms with van der Waals surface area (Å²) in [6.45, 7) is 4.81. The Hall–Kier alpha value is -3.36. The number of ether oxygens (including phenoxy) is 2. The highest BCUT2D eigenvalue weighted by atomic mass is 32.2.